The van der Waals surface area contributed by atoms with Crippen molar-refractivity contribution >= 4 is 38.5 Å². The van der Waals surface area contributed by atoms with E-state index in [0.717, 1.165) is 19.3 Å². The Kier molecular flexibility index (Phi) is 11.6. The van der Waals surface area contributed by atoms with Gasteiger partial charge in [-0.25, -0.2) is 14.2 Å². The molecule has 1 aliphatic rings. The molecule has 0 fully saturated rings. The maximum Gasteiger partial charge on any atom is 0.430 e. The standard InChI is InChI=1S/C29H43F4N4O4P/c1-8-11-27(6,12-9-17(2)14-21(38)41-26(3,4)5)16-36-20(28(7,30)42)15-19(34)18-10-13-35-24-22(18)23(29(31,32)33)40-25(39)37-24/h10,13,15,17,23H,8-9,11-12,14,16,34,42H2,1-7H3,(H,35,37,39)/b19-15-,36-20?. The Morgan fingerprint density at radius 3 is 2.43 bits per heavy atom. The SMILES string of the molecule is CCCC(C)(CCC(C)CC(=O)OC(C)(C)C)CN=C(/C=C(\N)c1ccnc2c1C(C(F)(F)F)OC(=O)N2)C(C)(F)P. The minimum Gasteiger partial charge on any atom is -0.460 e. The zero-order valence-corrected chi connectivity index (χ0v) is 26.5. The Balaban J connectivity index is 2.35. The first-order valence-electron chi connectivity index (χ1n) is 13.9. The van der Waals surface area contributed by atoms with Gasteiger partial charge in [0, 0.05) is 30.4 Å². The smallest absolute Gasteiger partial charge is 0.430 e. The maximum absolute atomic E-state index is 15.3. The fourth-order valence-electron chi connectivity index (χ4n) is 4.71. The monoisotopic (exact) mass is 618 g/mol. The number of carbonyl (C=O) groups excluding carboxylic acids is 2. The van der Waals surface area contributed by atoms with Gasteiger partial charge in [-0.15, -0.1) is 0 Å². The minimum absolute atomic E-state index is 0.0605. The summed E-state index contributed by atoms with van der Waals surface area (Å²) in [7, 11) is 2.04. The Hall–Kier alpha value is -2.75. The van der Waals surface area contributed by atoms with Gasteiger partial charge < -0.3 is 15.2 Å². The third-order valence-electron chi connectivity index (χ3n) is 6.76. The van der Waals surface area contributed by atoms with E-state index in [1.807, 2.05) is 50.8 Å². The number of allylic oxidation sites excluding steroid dienone is 1. The highest BCUT2D eigenvalue weighted by Gasteiger charge is 2.49. The fraction of sp³-hybridized carbons (Fsp3) is 0.655. The normalized spacial score (nSPS) is 20.0. The molecule has 0 radical (unpaired) electrons. The number of halogens is 4. The number of alkyl halides is 4. The van der Waals surface area contributed by atoms with Crippen LogP contribution in [0.2, 0.25) is 0 Å². The first-order chi connectivity index (χ1) is 19.1. The summed E-state index contributed by atoms with van der Waals surface area (Å²) < 4.78 is 66.6. The molecule has 1 aromatic rings. The third-order valence-corrected chi connectivity index (χ3v) is 7.06. The second-order valence-electron chi connectivity index (χ2n) is 12.4. The van der Waals surface area contributed by atoms with Crippen LogP contribution in [0.15, 0.2) is 23.3 Å². The third kappa shape index (κ3) is 10.5. The van der Waals surface area contributed by atoms with Crippen LogP contribution >= 0.6 is 9.24 Å². The zero-order valence-electron chi connectivity index (χ0n) is 25.3. The average molecular weight is 619 g/mol. The topological polar surface area (TPSA) is 116 Å². The van der Waals surface area contributed by atoms with Gasteiger partial charge >= 0.3 is 18.2 Å². The van der Waals surface area contributed by atoms with E-state index in [2.05, 4.69) is 20.0 Å². The van der Waals surface area contributed by atoms with E-state index in [1.165, 1.54) is 25.3 Å². The number of cyclic esters (lactones) is 1. The molecule has 1 aliphatic heterocycles. The molecule has 5 atom stereocenters. The van der Waals surface area contributed by atoms with Crippen molar-refractivity contribution in [2.75, 3.05) is 11.9 Å². The maximum atomic E-state index is 15.3. The number of ether oxygens (including phenoxy) is 2. The molecule has 0 spiro atoms. The summed E-state index contributed by atoms with van der Waals surface area (Å²) in [5.41, 5.74) is 4.48. The molecule has 3 N–H and O–H groups in total. The first kappa shape index (κ1) is 35.4. The molecule has 236 valence electrons. The number of fused-ring (bicyclic) bond motifs is 1. The number of pyridine rings is 1. The number of rotatable bonds is 12. The summed E-state index contributed by atoms with van der Waals surface area (Å²) >= 11 is 0. The predicted molar refractivity (Wildman–Crippen MR) is 159 cm³/mol. The molecule has 0 aliphatic carbocycles. The van der Waals surface area contributed by atoms with Crippen molar-refractivity contribution in [2.24, 2.45) is 22.1 Å². The van der Waals surface area contributed by atoms with Crippen LogP contribution in [-0.4, -0.2) is 46.5 Å². The molecule has 0 saturated carbocycles. The van der Waals surface area contributed by atoms with Crippen molar-refractivity contribution < 1.29 is 36.6 Å². The lowest BCUT2D eigenvalue weighted by Crippen LogP contribution is -2.35. The van der Waals surface area contributed by atoms with E-state index in [9.17, 15) is 22.8 Å². The fourth-order valence-corrected chi connectivity index (χ4v) is 4.88. The zero-order chi connectivity index (χ0) is 32.1. The molecule has 42 heavy (non-hydrogen) atoms. The van der Waals surface area contributed by atoms with Crippen LogP contribution in [-0.2, 0) is 14.3 Å². The summed E-state index contributed by atoms with van der Waals surface area (Å²) in [5, 5.41) is 0.101. The van der Waals surface area contributed by atoms with Gasteiger partial charge in [-0.1, -0.05) is 36.4 Å². The molecule has 5 unspecified atom stereocenters. The molecule has 8 nitrogen and oxygen atoms in total. The quantitative estimate of drug-likeness (QED) is 0.108. The predicted octanol–water partition coefficient (Wildman–Crippen LogP) is 7.50. The number of nitrogens with one attached hydrogen (secondary N) is 1. The van der Waals surface area contributed by atoms with Gasteiger partial charge in [0.2, 0.25) is 6.10 Å². The molecular weight excluding hydrogens is 575 g/mol. The number of hydrogen-bond donors (Lipinski definition) is 2. The summed E-state index contributed by atoms with van der Waals surface area (Å²) in [4.78, 5) is 32.3. The number of aromatic nitrogens is 1. The molecule has 13 heteroatoms. The van der Waals surface area contributed by atoms with Crippen LogP contribution in [0.4, 0.5) is 28.2 Å². The Morgan fingerprint density at radius 2 is 1.88 bits per heavy atom. The lowest BCUT2D eigenvalue weighted by atomic mass is 9.79. The van der Waals surface area contributed by atoms with E-state index in [-0.39, 0.29) is 53.1 Å². The summed E-state index contributed by atoms with van der Waals surface area (Å²) in [5.74, 6) is -0.545. The van der Waals surface area contributed by atoms with Gasteiger partial charge in [0.05, 0.1) is 11.3 Å². The van der Waals surface area contributed by atoms with Crippen LogP contribution in [0, 0.1) is 11.3 Å². The van der Waals surface area contributed by atoms with Gasteiger partial charge in [0.1, 0.15) is 11.4 Å². The van der Waals surface area contributed by atoms with Gasteiger partial charge in [-0.2, -0.15) is 13.2 Å². The van der Waals surface area contributed by atoms with E-state index >= 15 is 4.39 Å². The van der Waals surface area contributed by atoms with Gasteiger partial charge in [-0.05, 0) is 70.4 Å². The summed E-state index contributed by atoms with van der Waals surface area (Å²) in [6, 6.07) is 1.24. The van der Waals surface area contributed by atoms with Crippen LogP contribution in [0.3, 0.4) is 0 Å². The van der Waals surface area contributed by atoms with Gasteiger partial charge in [0.15, 0.2) is 5.41 Å². The van der Waals surface area contributed by atoms with Crippen LogP contribution in [0.25, 0.3) is 5.70 Å². The van der Waals surface area contributed by atoms with E-state index in [0.29, 0.717) is 6.42 Å². The number of carbonyl (C=O) groups is 2. The molecular formula is C29H43F4N4O4P. The largest absolute Gasteiger partial charge is 0.460 e. The van der Waals surface area contributed by atoms with E-state index in [1.54, 1.807) is 0 Å². The van der Waals surface area contributed by atoms with Gasteiger partial charge in [0.25, 0.3) is 0 Å². The van der Waals surface area contributed by atoms with Crippen LogP contribution in [0.5, 0.6) is 0 Å². The Morgan fingerprint density at radius 1 is 1.24 bits per heavy atom. The molecule has 0 bridgehead atoms. The molecule has 2 rings (SSSR count). The average Bonchev–Trinajstić information content (AvgIpc) is 2.82. The number of nitrogens with zero attached hydrogens (tertiary/aromatic N) is 2. The number of anilines is 1. The second kappa shape index (κ2) is 13.7. The van der Waals surface area contributed by atoms with Crippen molar-refractivity contribution in [3.8, 4) is 0 Å². The summed E-state index contributed by atoms with van der Waals surface area (Å²) in [6.07, 6.45) is -3.09. The lowest BCUT2D eigenvalue weighted by Gasteiger charge is -2.30. The number of amides is 1. The molecule has 0 aromatic carbocycles. The van der Waals surface area contributed by atoms with E-state index in [4.69, 9.17) is 10.5 Å². The van der Waals surface area contributed by atoms with E-state index < -0.39 is 34.9 Å². The highest BCUT2D eigenvalue weighted by Crippen LogP contribution is 2.44. The van der Waals surface area contributed by atoms with Crippen LogP contribution < -0.4 is 11.1 Å². The van der Waals surface area contributed by atoms with Crippen LogP contribution in [0.1, 0.15) is 97.8 Å². The number of esters is 1. The highest BCUT2D eigenvalue weighted by atomic mass is 31.0. The van der Waals surface area contributed by atoms with Crippen molar-refractivity contribution in [1.82, 2.24) is 4.98 Å². The highest BCUT2D eigenvalue weighted by molar-refractivity contribution is 7.20. The first-order valence-corrected chi connectivity index (χ1v) is 14.5. The Labute approximate surface area is 247 Å². The molecule has 2 heterocycles. The summed E-state index contributed by atoms with van der Waals surface area (Å²) in [6.45, 7) is 13.0. The second-order valence-corrected chi connectivity index (χ2v) is 13.5. The number of nitrogens with two attached hydrogens (primary N) is 1. The number of aliphatic imine (C=N–C) groups is 1. The number of hydrogen-bond acceptors (Lipinski definition) is 7. The van der Waals surface area contributed by atoms with Crippen molar-refractivity contribution in [3.05, 3.63) is 29.5 Å². The van der Waals surface area contributed by atoms with Crippen molar-refractivity contribution in [1.29, 1.82) is 0 Å². The lowest BCUT2D eigenvalue weighted by molar-refractivity contribution is -0.206. The molecule has 0 saturated heterocycles. The van der Waals surface area contributed by atoms with Crippen molar-refractivity contribution in [3.63, 3.8) is 0 Å². The van der Waals surface area contributed by atoms with Crippen molar-refractivity contribution in [2.45, 2.75) is 104 Å². The minimum atomic E-state index is -4.93. The molecule has 1 amide bonds. The Bertz CT molecular complexity index is 1190. The molecule has 1 aromatic heterocycles. The van der Waals surface area contributed by atoms with Gasteiger partial charge in [-0.3, -0.25) is 15.1 Å².